The first-order valence-electron chi connectivity index (χ1n) is 22.2. The normalized spacial score (nSPS) is 13.4. The molecule has 2 aliphatic rings. The van der Waals surface area contributed by atoms with Gasteiger partial charge in [-0.15, -0.1) is 22.0 Å². The van der Waals surface area contributed by atoms with Gasteiger partial charge in [0, 0.05) is 52.7 Å². The van der Waals surface area contributed by atoms with Crippen LogP contribution in [0.1, 0.15) is 57.5 Å². The van der Waals surface area contributed by atoms with Gasteiger partial charge in [-0.05, 0) is 105 Å². The van der Waals surface area contributed by atoms with Crippen molar-refractivity contribution in [2.45, 2.75) is 61.4 Å². The quantitative estimate of drug-likeness (QED) is 0.0775. The van der Waals surface area contributed by atoms with E-state index in [0.717, 1.165) is 60.1 Å². The monoisotopic (exact) mass is 1020 g/mol. The number of hydrogen-bond acceptors (Lipinski definition) is 13. The number of sulfone groups is 1. The van der Waals surface area contributed by atoms with E-state index >= 15 is 0 Å². The molecule has 72 heavy (non-hydrogen) atoms. The molecule has 0 spiro atoms. The molecule has 0 aliphatic heterocycles. The summed E-state index contributed by atoms with van der Waals surface area (Å²) in [6.07, 6.45) is 9.96. The Morgan fingerprint density at radius 1 is 0.625 bits per heavy atom. The van der Waals surface area contributed by atoms with Crippen molar-refractivity contribution in [3.05, 3.63) is 131 Å². The molecule has 22 heteroatoms. The maximum absolute atomic E-state index is 14.5. The van der Waals surface area contributed by atoms with Crippen molar-refractivity contribution in [2.75, 3.05) is 26.7 Å². The lowest BCUT2D eigenvalue weighted by atomic mass is 10.0. The topological polar surface area (TPSA) is 190 Å². The summed E-state index contributed by atoms with van der Waals surface area (Å²) in [6, 6.07) is 18.8. The van der Waals surface area contributed by atoms with Gasteiger partial charge < -0.3 is 29.6 Å². The standard InChI is InChI=1S/C25H22F2N4O5S.C25H22F2N4O3S/c1-13-10-14(4-7-16(13)25(32)29-15-5-6-15)17-12-28-24-20(37(3,33)34)11-21(30-31(17)24)36-19-9-8-18(35-2)22(26)23(19)27;1-13-10-14(4-7-16(13)25(32)29-15-5-6-15)17-12-28-24-20(35-3)11-21(30-31(17)24)34-19-9-8-18(33-2)22(26)23(19)27/h4,7-12,15H,5-6H2,1-3H3,(H,29,32);4,7-12,15H,5-6H2,1-3H3,(H,29,32). The van der Waals surface area contributed by atoms with Crippen LogP contribution in [0.3, 0.4) is 0 Å². The molecule has 2 fully saturated rings. The lowest BCUT2D eigenvalue weighted by molar-refractivity contribution is 0.0942. The number of thioether (sulfide) groups is 1. The molecule has 0 radical (unpaired) electrons. The van der Waals surface area contributed by atoms with Gasteiger partial charge in [0.25, 0.3) is 11.8 Å². The number of amides is 2. The summed E-state index contributed by atoms with van der Waals surface area (Å²) in [5, 5.41) is 14.7. The number of carbonyl (C=O) groups is 2. The van der Waals surface area contributed by atoms with Gasteiger partial charge in [0.15, 0.2) is 44.1 Å². The molecule has 0 bridgehead atoms. The van der Waals surface area contributed by atoms with Crippen LogP contribution in [0.4, 0.5) is 17.6 Å². The highest BCUT2D eigenvalue weighted by Crippen LogP contribution is 2.36. The Morgan fingerprint density at radius 2 is 1.04 bits per heavy atom. The molecule has 4 heterocycles. The van der Waals surface area contributed by atoms with Gasteiger partial charge in [0.1, 0.15) is 4.90 Å². The first-order chi connectivity index (χ1) is 34.5. The van der Waals surface area contributed by atoms with Crippen LogP contribution >= 0.6 is 11.8 Å². The number of fused-ring (bicyclic) bond motifs is 2. The number of carbonyl (C=O) groups excluding carboxylic acids is 2. The molecule has 10 rings (SSSR count). The van der Waals surface area contributed by atoms with Gasteiger partial charge in [0.2, 0.25) is 35.0 Å². The van der Waals surface area contributed by atoms with Crippen LogP contribution in [0.5, 0.6) is 34.8 Å². The highest BCUT2D eigenvalue weighted by Gasteiger charge is 2.27. The number of ether oxygens (including phenoxy) is 4. The second kappa shape index (κ2) is 19.8. The SMILES string of the molecule is COc1ccc(Oc2cc(S(C)(=O)=O)c3ncc(-c4ccc(C(=O)NC5CC5)c(C)c4)n3n2)c(F)c1F.COc1ccc(Oc2cc(SC)c3ncc(-c4ccc(C(=O)NC5CC5)c(C)c4)n3n2)c(F)c1F. The van der Waals surface area contributed by atoms with Gasteiger partial charge in [-0.1, -0.05) is 12.1 Å². The van der Waals surface area contributed by atoms with Gasteiger partial charge in [-0.2, -0.15) is 17.6 Å². The maximum Gasteiger partial charge on any atom is 0.251 e. The van der Waals surface area contributed by atoms with E-state index in [-0.39, 0.29) is 63.4 Å². The molecule has 0 saturated heterocycles. The van der Waals surface area contributed by atoms with E-state index in [9.17, 15) is 35.6 Å². The molecule has 2 saturated carbocycles. The second-order valence-corrected chi connectivity index (χ2v) is 19.8. The zero-order valence-corrected chi connectivity index (χ0v) is 41.0. The van der Waals surface area contributed by atoms with Crippen LogP contribution < -0.4 is 29.6 Å². The zero-order valence-electron chi connectivity index (χ0n) is 39.3. The lowest BCUT2D eigenvalue weighted by Crippen LogP contribution is -2.26. The van der Waals surface area contributed by atoms with Crippen LogP contribution in [0.25, 0.3) is 33.8 Å². The average Bonchev–Trinajstić information content (AvgIpc) is 4.27. The number of aryl methyl sites for hydroxylation is 2. The first kappa shape index (κ1) is 49.3. The van der Waals surface area contributed by atoms with Crippen LogP contribution in [0.2, 0.25) is 0 Å². The van der Waals surface area contributed by atoms with Gasteiger partial charge >= 0.3 is 0 Å². The fourth-order valence-electron chi connectivity index (χ4n) is 7.62. The molecular weight excluding hydrogens is 981 g/mol. The van der Waals surface area contributed by atoms with Crippen LogP contribution in [0.15, 0.2) is 95.0 Å². The minimum atomic E-state index is -3.82. The highest BCUT2D eigenvalue weighted by molar-refractivity contribution is 7.98. The fraction of sp³-hybridized carbons (Fsp3) is 0.240. The summed E-state index contributed by atoms with van der Waals surface area (Å²) in [5.74, 6) is -6.70. The fourth-order valence-corrected chi connectivity index (χ4v) is 8.94. The van der Waals surface area contributed by atoms with Crippen molar-refractivity contribution in [3.63, 3.8) is 0 Å². The van der Waals surface area contributed by atoms with Crippen molar-refractivity contribution < 1.29 is 54.5 Å². The number of hydrogen-bond donors (Lipinski definition) is 2. The van der Waals surface area contributed by atoms with Gasteiger partial charge in [0.05, 0.1) is 42.9 Å². The first-order valence-corrected chi connectivity index (χ1v) is 25.3. The highest BCUT2D eigenvalue weighted by atomic mass is 32.2. The number of rotatable bonds is 14. The lowest BCUT2D eigenvalue weighted by Gasteiger charge is -2.12. The Labute approximate surface area is 413 Å². The van der Waals surface area contributed by atoms with Crippen molar-refractivity contribution in [3.8, 4) is 57.3 Å². The molecule has 2 N–H and O–H groups in total. The van der Waals surface area contributed by atoms with E-state index in [0.29, 0.717) is 39.3 Å². The maximum atomic E-state index is 14.5. The molecule has 8 aromatic rings. The number of nitrogens with zero attached hydrogens (tertiary/aromatic N) is 6. The smallest absolute Gasteiger partial charge is 0.251 e. The van der Waals surface area contributed by atoms with E-state index in [4.69, 9.17) is 18.9 Å². The predicted molar refractivity (Wildman–Crippen MR) is 258 cm³/mol. The molecule has 0 unspecified atom stereocenters. The minimum Gasteiger partial charge on any atom is -0.494 e. The van der Waals surface area contributed by atoms with Crippen LogP contribution in [-0.4, -0.2) is 88.2 Å². The van der Waals surface area contributed by atoms with Crippen molar-refractivity contribution >= 4 is 44.7 Å². The summed E-state index contributed by atoms with van der Waals surface area (Å²) in [6.45, 7) is 3.67. The Kier molecular flexibility index (Phi) is 13.6. The Hall–Kier alpha value is -7.72. The van der Waals surface area contributed by atoms with E-state index in [1.165, 1.54) is 54.9 Å². The molecule has 372 valence electrons. The number of benzene rings is 4. The third kappa shape index (κ3) is 10.1. The van der Waals surface area contributed by atoms with E-state index in [1.54, 1.807) is 48.0 Å². The summed E-state index contributed by atoms with van der Waals surface area (Å²) >= 11 is 1.42. The molecular formula is C50H44F4N8O8S2. The van der Waals surface area contributed by atoms with Crippen molar-refractivity contribution in [1.82, 2.24) is 39.8 Å². The van der Waals surface area contributed by atoms with E-state index in [2.05, 4.69) is 30.8 Å². The average molecular weight is 1030 g/mol. The summed E-state index contributed by atoms with van der Waals surface area (Å²) in [4.78, 5) is 34.3. The van der Waals surface area contributed by atoms with Gasteiger partial charge in [-0.25, -0.2) is 27.4 Å². The van der Waals surface area contributed by atoms with Crippen molar-refractivity contribution in [2.24, 2.45) is 0 Å². The molecule has 0 atom stereocenters. The number of aromatic nitrogens is 6. The van der Waals surface area contributed by atoms with Crippen molar-refractivity contribution in [1.29, 1.82) is 0 Å². The number of halogens is 4. The van der Waals surface area contributed by atoms with Crippen LogP contribution in [0, 0.1) is 37.1 Å². The Bertz CT molecular complexity index is 3580. The summed E-state index contributed by atoms with van der Waals surface area (Å²) in [5.41, 5.74) is 5.77. The zero-order chi connectivity index (χ0) is 51.2. The summed E-state index contributed by atoms with van der Waals surface area (Å²) < 4.78 is 106. The second-order valence-electron chi connectivity index (χ2n) is 17.0. The van der Waals surface area contributed by atoms with E-state index < -0.39 is 38.9 Å². The minimum absolute atomic E-state index is 0.0273. The summed E-state index contributed by atoms with van der Waals surface area (Å²) in [7, 11) is -1.37. The number of nitrogens with one attached hydrogen (secondary N) is 2. The molecule has 4 aromatic heterocycles. The number of methoxy groups -OCH3 is 2. The van der Waals surface area contributed by atoms with Gasteiger partial charge in [-0.3, -0.25) is 9.59 Å². The van der Waals surface area contributed by atoms with E-state index in [1.807, 2.05) is 25.3 Å². The molecule has 16 nitrogen and oxygen atoms in total. The third-order valence-electron chi connectivity index (χ3n) is 11.7. The Morgan fingerprint density at radius 3 is 1.46 bits per heavy atom. The predicted octanol–water partition coefficient (Wildman–Crippen LogP) is 9.48. The number of imidazole rings is 2. The molecule has 2 aliphatic carbocycles. The molecule has 2 amide bonds. The largest absolute Gasteiger partial charge is 0.494 e. The third-order valence-corrected chi connectivity index (χ3v) is 13.5. The van der Waals surface area contributed by atoms with Crippen LogP contribution in [-0.2, 0) is 9.84 Å². The Balaban J connectivity index is 0.000000178. The molecule has 4 aromatic carbocycles.